The molecule has 3 nitrogen and oxygen atoms in total. The molecule has 1 rings (SSSR count). The van der Waals surface area contributed by atoms with Crippen LogP contribution in [0.15, 0.2) is 11.6 Å². The van der Waals surface area contributed by atoms with Gasteiger partial charge in [-0.1, -0.05) is 18.6 Å². The Hall–Kier alpha value is -0.830. The van der Waals surface area contributed by atoms with Gasteiger partial charge >= 0.3 is 0 Å². The molecule has 0 aromatic rings. The first-order chi connectivity index (χ1) is 6.52. The molecular formula is C11H20N2O. The van der Waals surface area contributed by atoms with Gasteiger partial charge in [0.15, 0.2) is 0 Å². The Balaban J connectivity index is 2.68. The molecule has 3 unspecified atom stereocenters. The molecule has 4 N–H and O–H groups in total. The van der Waals surface area contributed by atoms with Crippen LogP contribution < -0.4 is 11.5 Å². The second-order valence-electron chi connectivity index (χ2n) is 4.36. The van der Waals surface area contributed by atoms with Crippen LogP contribution in [-0.4, -0.2) is 11.9 Å². The molecule has 1 aliphatic carbocycles. The van der Waals surface area contributed by atoms with Gasteiger partial charge in [-0.15, -0.1) is 0 Å². The number of hydrogen-bond acceptors (Lipinski definition) is 2. The van der Waals surface area contributed by atoms with Crippen LogP contribution in [0.3, 0.4) is 0 Å². The van der Waals surface area contributed by atoms with Crippen LogP contribution in [-0.2, 0) is 4.79 Å². The van der Waals surface area contributed by atoms with Crippen molar-refractivity contribution in [1.82, 2.24) is 0 Å². The van der Waals surface area contributed by atoms with Crippen molar-refractivity contribution in [2.45, 2.75) is 39.2 Å². The van der Waals surface area contributed by atoms with Crippen LogP contribution in [0.1, 0.15) is 33.1 Å². The first-order valence-electron chi connectivity index (χ1n) is 5.23. The van der Waals surface area contributed by atoms with Gasteiger partial charge in [0.1, 0.15) is 0 Å². The van der Waals surface area contributed by atoms with E-state index < -0.39 is 0 Å². The number of carbonyl (C=O) groups is 1. The predicted octanol–water partition coefficient (Wildman–Crippen LogP) is 1.18. The Morgan fingerprint density at radius 1 is 1.71 bits per heavy atom. The average Bonchev–Trinajstić information content (AvgIpc) is 2.01. The molecule has 0 aromatic carbocycles. The van der Waals surface area contributed by atoms with Gasteiger partial charge in [0.25, 0.3) is 0 Å². The maximum atomic E-state index is 10.8. The number of hydrogen-bond donors (Lipinski definition) is 2. The zero-order valence-electron chi connectivity index (χ0n) is 8.99. The van der Waals surface area contributed by atoms with Crippen LogP contribution >= 0.6 is 0 Å². The van der Waals surface area contributed by atoms with E-state index in [1.807, 2.05) is 0 Å². The van der Waals surface area contributed by atoms with Crippen molar-refractivity contribution in [3.8, 4) is 0 Å². The van der Waals surface area contributed by atoms with Gasteiger partial charge in [-0.3, -0.25) is 4.79 Å². The Morgan fingerprint density at radius 2 is 2.36 bits per heavy atom. The lowest BCUT2D eigenvalue weighted by Crippen LogP contribution is -2.39. The fraction of sp³-hybridized carbons (Fsp3) is 0.727. The minimum Gasteiger partial charge on any atom is -0.370 e. The van der Waals surface area contributed by atoms with Crippen molar-refractivity contribution in [2.75, 3.05) is 0 Å². The van der Waals surface area contributed by atoms with Gasteiger partial charge in [0.05, 0.1) is 0 Å². The number of rotatable bonds is 3. The van der Waals surface area contributed by atoms with E-state index in [2.05, 4.69) is 19.9 Å². The summed E-state index contributed by atoms with van der Waals surface area (Å²) in [7, 11) is 0. The van der Waals surface area contributed by atoms with Gasteiger partial charge in [0.2, 0.25) is 5.91 Å². The van der Waals surface area contributed by atoms with Crippen molar-refractivity contribution < 1.29 is 4.79 Å². The molecule has 0 radical (unpaired) electrons. The van der Waals surface area contributed by atoms with E-state index in [1.54, 1.807) is 0 Å². The topological polar surface area (TPSA) is 69.1 Å². The third-order valence-corrected chi connectivity index (χ3v) is 3.13. The summed E-state index contributed by atoms with van der Waals surface area (Å²) in [6.07, 6.45) is 4.81. The molecule has 3 atom stereocenters. The second kappa shape index (κ2) is 4.60. The molecule has 0 aromatic heterocycles. The molecule has 1 amide bonds. The fourth-order valence-electron chi connectivity index (χ4n) is 2.46. The van der Waals surface area contributed by atoms with Crippen LogP contribution in [0.2, 0.25) is 0 Å². The van der Waals surface area contributed by atoms with Crippen LogP contribution in [0, 0.1) is 11.8 Å². The van der Waals surface area contributed by atoms with E-state index in [-0.39, 0.29) is 11.9 Å². The Kier molecular flexibility index (Phi) is 3.69. The Labute approximate surface area is 85.5 Å². The monoisotopic (exact) mass is 196 g/mol. The molecule has 1 aliphatic rings. The van der Waals surface area contributed by atoms with Gasteiger partial charge in [-0.2, -0.15) is 0 Å². The smallest absolute Gasteiger partial charge is 0.218 e. The van der Waals surface area contributed by atoms with Gasteiger partial charge in [0, 0.05) is 12.5 Å². The van der Waals surface area contributed by atoms with Crippen molar-refractivity contribution in [3.05, 3.63) is 11.6 Å². The molecular weight excluding hydrogens is 176 g/mol. The fourth-order valence-corrected chi connectivity index (χ4v) is 2.46. The highest BCUT2D eigenvalue weighted by Crippen LogP contribution is 2.32. The zero-order chi connectivity index (χ0) is 10.7. The van der Waals surface area contributed by atoms with E-state index in [9.17, 15) is 4.79 Å². The summed E-state index contributed by atoms with van der Waals surface area (Å²) in [5.74, 6) is 0.591. The van der Waals surface area contributed by atoms with Crippen LogP contribution in [0.25, 0.3) is 0 Å². The summed E-state index contributed by atoms with van der Waals surface area (Å²) >= 11 is 0. The predicted molar refractivity (Wildman–Crippen MR) is 57.4 cm³/mol. The first kappa shape index (κ1) is 11.2. The van der Waals surface area contributed by atoms with Crippen molar-refractivity contribution >= 4 is 5.91 Å². The highest BCUT2D eigenvalue weighted by atomic mass is 16.1. The molecule has 0 bridgehead atoms. The number of nitrogens with two attached hydrogens (primary N) is 2. The SMILES string of the molecule is CC1=CCCC(C)C1C(N)CC(N)=O. The van der Waals surface area contributed by atoms with Crippen molar-refractivity contribution in [2.24, 2.45) is 23.3 Å². The third kappa shape index (κ3) is 2.58. The minimum absolute atomic E-state index is 0.112. The van der Waals surface area contributed by atoms with E-state index in [0.717, 1.165) is 12.8 Å². The maximum Gasteiger partial charge on any atom is 0.218 e. The first-order valence-corrected chi connectivity index (χ1v) is 5.23. The number of amides is 1. The Morgan fingerprint density at radius 3 is 2.86 bits per heavy atom. The number of carbonyl (C=O) groups excluding carboxylic acids is 1. The average molecular weight is 196 g/mol. The minimum atomic E-state index is -0.303. The van der Waals surface area contributed by atoms with Crippen molar-refractivity contribution in [3.63, 3.8) is 0 Å². The number of allylic oxidation sites excluding steroid dienone is 1. The lowest BCUT2D eigenvalue weighted by Gasteiger charge is -2.33. The quantitative estimate of drug-likeness (QED) is 0.665. The maximum absolute atomic E-state index is 10.8. The second-order valence-corrected chi connectivity index (χ2v) is 4.36. The molecule has 3 heteroatoms. The van der Waals surface area contributed by atoms with Gasteiger partial charge in [-0.25, -0.2) is 0 Å². The Bertz CT molecular complexity index is 248. The zero-order valence-corrected chi connectivity index (χ0v) is 8.99. The van der Waals surface area contributed by atoms with E-state index in [4.69, 9.17) is 11.5 Å². The molecule has 0 saturated carbocycles. The van der Waals surface area contributed by atoms with E-state index in [1.165, 1.54) is 5.57 Å². The number of primary amides is 1. The molecule has 0 fully saturated rings. The summed E-state index contributed by atoms with van der Waals surface area (Å²) in [5.41, 5.74) is 12.5. The lowest BCUT2D eigenvalue weighted by molar-refractivity contribution is -0.118. The van der Waals surface area contributed by atoms with E-state index >= 15 is 0 Å². The summed E-state index contributed by atoms with van der Waals surface area (Å²) in [6, 6.07) is -0.112. The normalized spacial score (nSPS) is 29.5. The summed E-state index contributed by atoms with van der Waals surface area (Å²) in [4.78, 5) is 10.8. The summed E-state index contributed by atoms with van der Waals surface area (Å²) < 4.78 is 0. The van der Waals surface area contributed by atoms with Crippen molar-refractivity contribution in [1.29, 1.82) is 0 Å². The van der Waals surface area contributed by atoms with Gasteiger partial charge in [-0.05, 0) is 31.6 Å². The molecule has 0 spiro atoms. The third-order valence-electron chi connectivity index (χ3n) is 3.13. The van der Waals surface area contributed by atoms with E-state index in [0.29, 0.717) is 18.3 Å². The largest absolute Gasteiger partial charge is 0.370 e. The lowest BCUT2D eigenvalue weighted by atomic mass is 9.75. The van der Waals surface area contributed by atoms with Crippen LogP contribution in [0.5, 0.6) is 0 Å². The van der Waals surface area contributed by atoms with Gasteiger partial charge < -0.3 is 11.5 Å². The summed E-state index contributed by atoms with van der Waals surface area (Å²) in [6.45, 7) is 4.29. The summed E-state index contributed by atoms with van der Waals surface area (Å²) in [5, 5.41) is 0. The highest BCUT2D eigenvalue weighted by Gasteiger charge is 2.28. The highest BCUT2D eigenvalue weighted by molar-refractivity contribution is 5.74. The molecule has 0 saturated heterocycles. The molecule has 80 valence electrons. The standard InChI is InChI=1S/C11H20N2O/c1-7-4-3-5-8(2)11(7)9(12)6-10(13)14/h4,8-9,11H,3,5-6,12H2,1-2H3,(H2,13,14). The van der Waals surface area contributed by atoms with Crippen LogP contribution in [0.4, 0.5) is 0 Å². The molecule has 0 heterocycles. The molecule has 0 aliphatic heterocycles. The molecule has 14 heavy (non-hydrogen) atoms.